The number of nitrogens with one attached hydrogen (secondary N) is 1. The molecule has 0 saturated carbocycles. The Labute approximate surface area is 126 Å². The first-order chi connectivity index (χ1) is 10.1. The third-order valence-electron chi connectivity index (χ3n) is 3.55. The fourth-order valence-electron chi connectivity index (χ4n) is 2.09. The molecule has 0 bridgehead atoms. The molecule has 1 aromatic carbocycles. The molecule has 0 unspecified atom stereocenters. The van der Waals surface area contributed by atoms with Gasteiger partial charge in [0.15, 0.2) is 0 Å². The predicted molar refractivity (Wildman–Crippen MR) is 82.5 cm³/mol. The average molecular weight is 289 g/mol. The van der Waals surface area contributed by atoms with E-state index in [0.29, 0.717) is 19.6 Å². The van der Waals surface area contributed by atoms with E-state index in [2.05, 4.69) is 31.0 Å². The van der Waals surface area contributed by atoms with E-state index < -0.39 is 0 Å². The predicted octanol–water partition coefficient (Wildman–Crippen LogP) is 2.58. The molecule has 1 heterocycles. The van der Waals surface area contributed by atoms with Crippen molar-refractivity contribution in [2.75, 3.05) is 20.3 Å². The highest BCUT2D eigenvalue weighted by atomic mass is 16.5. The van der Waals surface area contributed by atoms with Crippen LogP contribution in [0.25, 0.3) is 0 Å². The fourth-order valence-corrected chi connectivity index (χ4v) is 2.09. The molecule has 1 fully saturated rings. The monoisotopic (exact) mass is 289 g/mol. The average Bonchev–Trinajstić information content (AvgIpc) is 2.90. The van der Waals surface area contributed by atoms with Gasteiger partial charge in [0.05, 0.1) is 26.4 Å². The number of hydrogen-bond donors (Lipinski definition) is 1. The van der Waals surface area contributed by atoms with Gasteiger partial charge in [-0.3, -0.25) is 5.32 Å². The minimum Gasteiger partial charge on any atom is -0.497 e. The van der Waals surface area contributed by atoms with Gasteiger partial charge < -0.3 is 14.2 Å². The van der Waals surface area contributed by atoms with Crippen LogP contribution >= 0.6 is 0 Å². The zero-order valence-corrected chi connectivity index (χ0v) is 12.9. The molecule has 1 aliphatic heterocycles. The van der Waals surface area contributed by atoms with Crippen molar-refractivity contribution in [3.8, 4) is 23.3 Å². The van der Waals surface area contributed by atoms with Crippen LogP contribution in [0.1, 0.15) is 26.7 Å². The molecule has 4 nitrogen and oxygen atoms in total. The summed E-state index contributed by atoms with van der Waals surface area (Å²) in [6, 6.07) is 7.67. The Balaban J connectivity index is 1.69. The van der Waals surface area contributed by atoms with Crippen molar-refractivity contribution in [2.45, 2.75) is 38.5 Å². The summed E-state index contributed by atoms with van der Waals surface area (Å²) in [6.07, 6.45) is 1.64. The second-order valence-electron chi connectivity index (χ2n) is 5.19. The Morgan fingerprint density at radius 1 is 1.33 bits per heavy atom. The van der Waals surface area contributed by atoms with E-state index in [0.717, 1.165) is 17.9 Å². The highest BCUT2D eigenvalue weighted by Crippen LogP contribution is 2.18. The highest BCUT2D eigenvalue weighted by Gasteiger charge is 2.32. The number of methoxy groups -OCH3 is 1. The lowest BCUT2D eigenvalue weighted by atomic mass is 10.2. The van der Waals surface area contributed by atoms with Crippen molar-refractivity contribution in [2.24, 2.45) is 0 Å². The van der Waals surface area contributed by atoms with Gasteiger partial charge in [0, 0.05) is 6.42 Å². The summed E-state index contributed by atoms with van der Waals surface area (Å²) in [5.74, 6) is 7.99. The van der Waals surface area contributed by atoms with Crippen LogP contribution in [0.2, 0.25) is 0 Å². The van der Waals surface area contributed by atoms with Crippen LogP contribution in [0.5, 0.6) is 11.5 Å². The highest BCUT2D eigenvalue weighted by molar-refractivity contribution is 5.31. The van der Waals surface area contributed by atoms with Crippen LogP contribution < -0.4 is 14.8 Å². The van der Waals surface area contributed by atoms with Gasteiger partial charge >= 0.3 is 0 Å². The Hall–Kier alpha value is -1.70. The van der Waals surface area contributed by atoms with Crippen LogP contribution in [0.15, 0.2) is 24.3 Å². The van der Waals surface area contributed by atoms with Crippen molar-refractivity contribution >= 4 is 0 Å². The van der Waals surface area contributed by atoms with E-state index in [1.54, 1.807) is 7.11 Å². The Bertz CT molecular complexity index is 503. The molecule has 1 aromatic rings. The zero-order valence-electron chi connectivity index (χ0n) is 12.9. The molecule has 2 atom stereocenters. The van der Waals surface area contributed by atoms with Gasteiger partial charge in [-0.25, -0.2) is 0 Å². The van der Waals surface area contributed by atoms with Crippen molar-refractivity contribution in [1.82, 2.24) is 5.32 Å². The van der Waals surface area contributed by atoms with Gasteiger partial charge in [0.25, 0.3) is 0 Å². The minimum absolute atomic E-state index is 0.121. The molecule has 0 spiro atoms. The standard InChI is InChI=1S/C17H23NO3/c1-4-17(2)18-14(13-21-17)7-5-6-12-20-16-10-8-15(19-3)9-11-16/h8-11,14,18H,4,6,12-13H2,1-3H3/t14-,17-/m1/s1. The van der Waals surface area contributed by atoms with Gasteiger partial charge in [0.1, 0.15) is 17.2 Å². The lowest BCUT2D eigenvalue weighted by Crippen LogP contribution is -2.40. The van der Waals surface area contributed by atoms with Crippen LogP contribution in [-0.2, 0) is 4.74 Å². The van der Waals surface area contributed by atoms with E-state index in [1.807, 2.05) is 24.3 Å². The van der Waals surface area contributed by atoms with Crippen LogP contribution in [0, 0.1) is 11.8 Å². The van der Waals surface area contributed by atoms with E-state index in [1.165, 1.54) is 0 Å². The summed E-state index contributed by atoms with van der Waals surface area (Å²) < 4.78 is 16.4. The summed E-state index contributed by atoms with van der Waals surface area (Å²) in [7, 11) is 1.65. The smallest absolute Gasteiger partial charge is 0.119 e. The quantitative estimate of drug-likeness (QED) is 0.668. The van der Waals surface area contributed by atoms with E-state index in [9.17, 15) is 0 Å². The molecule has 1 aliphatic rings. The molecular formula is C17H23NO3. The Morgan fingerprint density at radius 3 is 2.67 bits per heavy atom. The van der Waals surface area contributed by atoms with E-state index in [-0.39, 0.29) is 11.8 Å². The fraction of sp³-hybridized carbons (Fsp3) is 0.529. The largest absolute Gasteiger partial charge is 0.497 e. The number of hydrogen-bond acceptors (Lipinski definition) is 4. The maximum absolute atomic E-state index is 5.69. The third-order valence-corrected chi connectivity index (χ3v) is 3.55. The van der Waals surface area contributed by atoms with Crippen molar-refractivity contribution in [3.05, 3.63) is 24.3 Å². The summed E-state index contributed by atoms with van der Waals surface area (Å²) in [5, 5.41) is 3.39. The number of benzene rings is 1. The molecule has 0 aliphatic carbocycles. The lowest BCUT2D eigenvalue weighted by Gasteiger charge is -2.21. The Kier molecular flexibility index (Phi) is 5.49. The van der Waals surface area contributed by atoms with Gasteiger partial charge in [0.2, 0.25) is 0 Å². The first-order valence-electron chi connectivity index (χ1n) is 7.32. The number of ether oxygens (including phenoxy) is 3. The molecule has 114 valence electrons. The maximum atomic E-state index is 5.69. The molecule has 1 saturated heterocycles. The van der Waals surface area contributed by atoms with Gasteiger partial charge in [-0.05, 0) is 37.6 Å². The van der Waals surface area contributed by atoms with Crippen LogP contribution in [0.4, 0.5) is 0 Å². The second kappa shape index (κ2) is 7.35. The molecule has 0 amide bonds. The molecule has 0 radical (unpaired) electrons. The topological polar surface area (TPSA) is 39.7 Å². The van der Waals surface area contributed by atoms with Crippen LogP contribution in [-0.4, -0.2) is 32.1 Å². The summed E-state index contributed by atoms with van der Waals surface area (Å²) >= 11 is 0. The lowest BCUT2D eigenvalue weighted by molar-refractivity contribution is 0.00347. The second-order valence-corrected chi connectivity index (χ2v) is 5.19. The summed E-state index contributed by atoms with van der Waals surface area (Å²) in [4.78, 5) is 0. The molecule has 0 aromatic heterocycles. The van der Waals surface area contributed by atoms with Gasteiger partial charge in [-0.1, -0.05) is 18.8 Å². The van der Waals surface area contributed by atoms with E-state index >= 15 is 0 Å². The normalized spacial score (nSPS) is 24.2. The van der Waals surface area contributed by atoms with Gasteiger partial charge in [-0.2, -0.15) is 0 Å². The summed E-state index contributed by atoms with van der Waals surface area (Å²) in [5.41, 5.74) is -0.223. The molecule has 4 heteroatoms. The molecule has 2 rings (SSSR count). The van der Waals surface area contributed by atoms with Crippen molar-refractivity contribution in [1.29, 1.82) is 0 Å². The minimum atomic E-state index is -0.223. The van der Waals surface area contributed by atoms with Crippen molar-refractivity contribution < 1.29 is 14.2 Å². The molecular weight excluding hydrogens is 266 g/mol. The number of rotatable bonds is 5. The molecule has 1 N–H and O–H groups in total. The Morgan fingerprint density at radius 2 is 2.05 bits per heavy atom. The van der Waals surface area contributed by atoms with Gasteiger partial charge in [-0.15, -0.1) is 0 Å². The third kappa shape index (κ3) is 4.66. The zero-order chi connectivity index (χ0) is 15.1. The summed E-state index contributed by atoms with van der Waals surface area (Å²) in [6.45, 7) is 5.39. The molecule has 21 heavy (non-hydrogen) atoms. The first kappa shape index (κ1) is 15.7. The maximum Gasteiger partial charge on any atom is 0.119 e. The van der Waals surface area contributed by atoms with Crippen LogP contribution in [0.3, 0.4) is 0 Å². The van der Waals surface area contributed by atoms with E-state index in [4.69, 9.17) is 14.2 Å². The van der Waals surface area contributed by atoms with Crippen molar-refractivity contribution in [3.63, 3.8) is 0 Å². The first-order valence-corrected chi connectivity index (χ1v) is 7.32. The SMILES string of the molecule is CC[C@]1(C)N[C@H](C#CCCOc2ccc(OC)cc2)CO1.